The summed E-state index contributed by atoms with van der Waals surface area (Å²) < 4.78 is 27.2. The first-order valence-electron chi connectivity index (χ1n) is 7.00. The van der Waals surface area contributed by atoms with Crippen molar-refractivity contribution in [3.05, 3.63) is 29.3 Å². The molecule has 1 aliphatic heterocycles. The van der Waals surface area contributed by atoms with Gasteiger partial charge in [0.2, 0.25) is 5.91 Å². The van der Waals surface area contributed by atoms with Crippen molar-refractivity contribution in [3.8, 4) is 0 Å². The molecule has 1 N–H and O–H groups in total. The van der Waals surface area contributed by atoms with Crippen molar-refractivity contribution in [2.45, 2.75) is 39.2 Å². The number of nitrogens with one attached hydrogen (secondary N) is 1. The summed E-state index contributed by atoms with van der Waals surface area (Å²) in [6, 6.07) is 1.67. The molecule has 1 amide bonds. The van der Waals surface area contributed by atoms with Crippen molar-refractivity contribution >= 4 is 11.6 Å². The minimum atomic E-state index is -0.565. The third-order valence-electron chi connectivity index (χ3n) is 3.66. The fraction of sp³-hybridized carbons (Fsp3) is 0.533. The number of likely N-dealkylation sites (tertiary alicyclic amines) is 1. The van der Waals surface area contributed by atoms with Crippen molar-refractivity contribution in [3.63, 3.8) is 0 Å². The number of benzene rings is 1. The van der Waals surface area contributed by atoms with Gasteiger partial charge < -0.3 is 10.2 Å². The van der Waals surface area contributed by atoms with Gasteiger partial charge in [0.25, 0.3) is 0 Å². The molecule has 2 rings (SSSR count). The number of amides is 1. The van der Waals surface area contributed by atoms with Crippen LogP contribution in [-0.4, -0.2) is 29.9 Å². The number of nitrogens with zero attached hydrogens (tertiary/aromatic N) is 1. The fourth-order valence-corrected chi connectivity index (χ4v) is 2.44. The van der Waals surface area contributed by atoms with E-state index in [2.05, 4.69) is 5.32 Å². The second kappa shape index (κ2) is 6.20. The standard InChI is InChI=1S/C15H20F2N2O/c1-10-8-13(17)14(9-12(10)16)18-11(2)15(20)19-6-4-3-5-7-19/h8-9,11,18H,3-7H2,1-2H3. The van der Waals surface area contributed by atoms with E-state index in [4.69, 9.17) is 0 Å². The van der Waals surface area contributed by atoms with Crippen LogP contribution in [0.4, 0.5) is 14.5 Å². The van der Waals surface area contributed by atoms with Crippen LogP contribution in [0.25, 0.3) is 0 Å². The van der Waals surface area contributed by atoms with Crippen LogP contribution in [0.2, 0.25) is 0 Å². The maximum absolute atomic E-state index is 13.7. The van der Waals surface area contributed by atoms with Crippen LogP contribution in [0.15, 0.2) is 12.1 Å². The number of aryl methyl sites for hydroxylation is 1. The lowest BCUT2D eigenvalue weighted by molar-refractivity contribution is -0.132. The summed E-state index contributed by atoms with van der Waals surface area (Å²) in [6.45, 7) is 4.67. The summed E-state index contributed by atoms with van der Waals surface area (Å²) in [5, 5.41) is 2.77. The summed E-state index contributed by atoms with van der Waals surface area (Å²) in [4.78, 5) is 14.0. The Labute approximate surface area is 118 Å². The average molecular weight is 282 g/mol. The van der Waals surface area contributed by atoms with E-state index in [1.54, 1.807) is 11.8 Å². The van der Waals surface area contributed by atoms with E-state index in [9.17, 15) is 13.6 Å². The summed E-state index contributed by atoms with van der Waals surface area (Å²) in [5.41, 5.74) is 0.286. The molecule has 0 spiro atoms. The molecule has 1 fully saturated rings. The topological polar surface area (TPSA) is 32.3 Å². The fourth-order valence-electron chi connectivity index (χ4n) is 2.44. The molecule has 0 radical (unpaired) electrons. The molecule has 1 unspecified atom stereocenters. The molecule has 0 saturated carbocycles. The molecular formula is C15H20F2N2O. The van der Waals surface area contributed by atoms with Gasteiger partial charge >= 0.3 is 0 Å². The van der Waals surface area contributed by atoms with Gasteiger partial charge in [-0.25, -0.2) is 8.78 Å². The summed E-state index contributed by atoms with van der Waals surface area (Å²) >= 11 is 0. The third kappa shape index (κ3) is 3.26. The van der Waals surface area contributed by atoms with Gasteiger partial charge in [0.1, 0.15) is 17.7 Å². The van der Waals surface area contributed by atoms with Gasteiger partial charge in [-0.2, -0.15) is 0 Å². The molecule has 20 heavy (non-hydrogen) atoms. The number of hydrogen-bond acceptors (Lipinski definition) is 2. The van der Waals surface area contributed by atoms with Crippen LogP contribution in [-0.2, 0) is 4.79 Å². The van der Waals surface area contributed by atoms with E-state index in [-0.39, 0.29) is 17.2 Å². The van der Waals surface area contributed by atoms with Gasteiger partial charge in [0.15, 0.2) is 0 Å². The Kier molecular flexibility index (Phi) is 4.57. The van der Waals surface area contributed by atoms with Crippen molar-refractivity contribution in [2.24, 2.45) is 0 Å². The molecule has 5 heteroatoms. The Hall–Kier alpha value is -1.65. The molecule has 3 nitrogen and oxygen atoms in total. The first-order chi connectivity index (χ1) is 9.49. The second-order valence-corrected chi connectivity index (χ2v) is 5.33. The Balaban J connectivity index is 2.05. The van der Waals surface area contributed by atoms with Gasteiger partial charge in [-0.05, 0) is 44.7 Å². The first-order valence-corrected chi connectivity index (χ1v) is 7.00. The molecule has 1 aromatic carbocycles. The molecule has 0 bridgehead atoms. The summed E-state index contributed by atoms with van der Waals surface area (Å²) in [6.07, 6.45) is 3.15. The van der Waals surface area contributed by atoms with Crippen LogP contribution in [0.3, 0.4) is 0 Å². The monoisotopic (exact) mass is 282 g/mol. The first kappa shape index (κ1) is 14.8. The largest absolute Gasteiger partial charge is 0.371 e. The molecule has 110 valence electrons. The van der Waals surface area contributed by atoms with Crippen LogP contribution in [0, 0.1) is 18.6 Å². The molecule has 1 aliphatic rings. The van der Waals surface area contributed by atoms with E-state index < -0.39 is 17.7 Å². The van der Waals surface area contributed by atoms with Crippen molar-refractivity contribution in [2.75, 3.05) is 18.4 Å². The predicted molar refractivity (Wildman–Crippen MR) is 74.6 cm³/mol. The van der Waals surface area contributed by atoms with E-state index in [1.807, 2.05) is 0 Å². The highest BCUT2D eigenvalue weighted by Gasteiger charge is 2.22. The predicted octanol–water partition coefficient (Wildman–Crippen LogP) is 3.09. The van der Waals surface area contributed by atoms with Gasteiger partial charge in [-0.15, -0.1) is 0 Å². The zero-order valence-corrected chi connectivity index (χ0v) is 11.9. The van der Waals surface area contributed by atoms with Crippen molar-refractivity contribution in [1.82, 2.24) is 4.90 Å². The van der Waals surface area contributed by atoms with Gasteiger partial charge in [0.05, 0.1) is 5.69 Å². The number of piperidine rings is 1. The number of rotatable bonds is 3. The maximum atomic E-state index is 13.7. The SMILES string of the molecule is Cc1cc(F)c(NC(C)C(=O)N2CCCCC2)cc1F. The second-order valence-electron chi connectivity index (χ2n) is 5.33. The molecule has 1 saturated heterocycles. The number of carbonyl (C=O) groups excluding carboxylic acids is 1. The van der Waals surface area contributed by atoms with E-state index >= 15 is 0 Å². The molecule has 1 heterocycles. The number of anilines is 1. The highest BCUT2D eigenvalue weighted by atomic mass is 19.1. The normalized spacial score (nSPS) is 16.9. The zero-order chi connectivity index (χ0) is 14.7. The molecule has 1 aromatic rings. The highest BCUT2D eigenvalue weighted by molar-refractivity contribution is 5.84. The Morgan fingerprint density at radius 3 is 2.50 bits per heavy atom. The van der Waals surface area contributed by atoms with Crippen LogP contribution in [0.5, 0.6) is 0 Å². The Morgan fingerprint density at radius 2 is 1.85 bits per heavy atom. The zero-order valence-electron chi connectivity index (χ0n) is 11.9. The highest BCUT2D eigenvalue weighted by Crippen LogP contribution is 2.20. The van der Waals surface area contributed by atoms with Crippen molar-refractivity contribution in [1.29, 1.82) is 0 Å². The summed E-state index contributed by atoms with van der Waals surface area (Å²) in [5.74, 6) is -1.08. The quantitative estimate of drug-likeness (QED) is 0.924. The lowest BCUT2D eigenvalue weighted by Crippen LogP contribution is -2.44. The smallest absolute Gasteiger partial charge is 0.244 e. The van der Waals surface area contributed by atoms with E-state index in [0.29, 0.717) is 0 Å². The van der Waals surface area contributed by atoms with E-state index in [0.717, 1.165) is 44.5 Å². The Bertz CT molecular complexity index is 499. The van der Waals surface area contributed by atoms with Gasteiger partial charge in [0, 0.05) is 19.2 Å². The van der Waals surface area contributed by atoms with Gasteiger partial charge in [-0.3, -0.25) is 4.79 Å². The molecule has 1 atom stereocenters. The molecular weight excluding hydrogens is 262 g/mol. The summed E-state index contributed by atoms with van der Waals surface area (Å²) in [7, 11) is 0. The number of carbonyl (C=O) groups is 1. The van der Waals surface area contributed by atoms with Gasteiger partial charge in [-0.1, -0.05) is 0 Å². The van der Waals surface area contributed by atoms with Crippen LogP contribution >= 0.6 is 0 Å². The Morgan fingerprint density at radius 1 is 1.20 bits per heavy atom. The third-order valence-corrected chi connectivity index (χ3v) is 3.66. The minimum absolute atomic E-state index is 0.0333. The number of halogens is 2. The van der Waals surface area contributed by atoms with Crippen molar-refractivity contribution < 1.29 is 13.6 Å². The maximum Gasteiger partial charge on any atom is 0.244 e. The van der Waals surface area contributed by atoms with Crippen LogP contribution < -0.4 is 5.32 Å². The lowest BCUT2D eigenvalue weighted by Gasteiger charge is -2.29. The average Bonchev–Trinajstić information content (AvgIpc) is 2.44. The molecule has 0 aliphatic carbocycles. The van der Waals surface area contributed by atoms with E-state index in [1.165, 1.54) is 6.92 Å². The lowest BCUT2D eigenvalue weighted by atomic mass is 10.1. The molecule has 0 aromatic heterocycles. The minimum Gasteiger partial charge on any atom is -0.371 e. The van der Waals surface area contributed by atoms with Crippen LogP contribution in [0.1, 0.15) is 31.7 Å². The number of hydrogen-bond donors (Lipinski definition) is 1.